The van der Waals surface area contributed by atoms with Gasteiger partial charge in [-0.3, -0.25) is 10.1 Å². The van der Waals surface area contributed by atoms with Crippen LogP contribution < -0.4 is 10.2 Å². The molecule has 0 aliphatic carbocycles. The van der Waals surface area contributed by atoms with Crippen molar-refractivity contribution in [2.24, 2.45) is 11.8 Å². The van der Waals surface area contributed by atoms with Gasteiger partial charge < -0.3 is 10.2 Å². The monoisotopic (exact) mass is 265 g/mol. The summed E-state index contributed by atoms with van der Waals surface area (Å²) in [4.78, 5) is 21.2. The molecule has 0 saturated carbocycles. The minimum Gasteiger partial charge on any atom is -0.357 e. The first kappa shape index (κ1) is 13.5. The normalized spacial score (nSPS) is 22.6. The molecule has 1 N–H and O–H groups in total. The van der Waals surface area contributed by atoms with Gasteiger partial charge in [0.2, 0.25) is 11.8 Å². The number of nitrogens with one attached hydrogen (secondary N) is 1. The Morgan fingerprint density at radius 1 is 1.32 bits per heavy atom. The van der Waals surface area contributed by atoms with E-state index in [2.05, 4.69) is 29.1 Å². The molecule has 1 fully saturated rings. The van der Waals surface area contributed by atoms with E-state index in [0.717, 1.165) is 13.1 Å². The third kappa shape index (κ3) is 2.45. The lowest BCUT2D eigenvalue weighted by atomic mass is 10.0. The summed E-state index contributed by atoms with van der Waals surface area (Å²) in [6.07, 6.45) is 0. The Labute approximate surface area is 112 Å². The Balaban J connectivity index is 2.48. The van der Waals surface area contributed by atoms with Crippen molar-refractivity contribution in [1.29, 1.82) is 0 Å². The number of aryl methyl sites for hydroxylation is 1. The molecule has 1 saturated heterocycles. The van der Waals surface area contributed by atoms with Gasteiger partial charge in [0.25, 0.3) is 0 Å². The van der Waals surface area contributed by atoms with Crippen molar-refractivity contribution in [2.45, 2.75) is 20.8 Å². The van der Waals surface area contributed by atoms with Gasteiger partial charge in [-0.15, -0.1) is 0 Å². The summed E-state index contributed by atoms with van der Waals surface area (Å²) in [6.45, 7) is 7.55. The van der Waals surface area contributed by atoms with E-state index in [1.54, 1.807) is 14.0 Å². The molecule has 1 aliphatic rings. The fourth-order valence-electron chi connectivity index (χ4n) is 2.40. The van der Waals surface area contributed by atoms with E-state index in [1.807, 2.05) is 4.90 Å². The van der Waals surface area contributed by atoms with Crippen LogP contribution in [-0.2, 0) is 0 Å². The molecule has 7 heteroatoms. The number of hydrogen-bond acceptors (Lipinski definition) is 6. The predicted molar refractivity (Wildman–Crippen MR) is 73.5 cm³/mol. The van der Waals surface area contributed by atoms with Gasteiger partial charge in [-0.1, -0.05) is 13.8 Å². The maximum Gasteiger partial charge on any atom is 0.332 e. The number of nitrogens with zero attached hydrogens (tertiary/aromatic N) is 4. The molecule has 1 aromatic heterocycles. The highest BCUT2D eigenvalue weighted by molar-refractivity contribution is 5.63. The third-order valence-corrected chi connectivity index (χ3v) is 3.73. The van der Waals surface area contributed by atoms with Gasteiger partial charge in [0, 0.05) is 20.1 Å². The quantitative estimate of drug-likeness (QED) is 0.663. The summed E-state index contributed by atoms with van der Waals surface area (Å²) < 4.78 is 0. The highest BCUT2D eigenvalue weighted by atomic mass is 16.6. The Morgan fingerprint density at radius 3 is 2.37 bits per heavy atom. The van der Waals surface area contributed by atoms with Crippen molar-refractivity contribution in [2.75, 3.05) is 30.4 Å². The topological polar surface area (TPSA) is 84.2 Å². The first-order valence-electron chi connectivity index (χ1n) is 6.39. The van der Waals surface area contributed by atoms with Crippen LogP contribution in [0.1, 0.15) is 19.5 Å². The van der Waals surface area contributed by atoms with Crippen molar-refractivity contribution in [3.8, 4) is 0 Å². The Morgan fingerprint density at radius 2 is 1.89 bits per heavy atom. The van der Waals surface area contributed by atoms with Crippen molar-refractivity contribution in [3.63, 3.8) is 0 Å². The summed E-state index contributed by atoms with van der Waals surface area (Å²) in [6, 6.07) is 0. The van der Waals surface area contributed by atoms with Crippen LogP contribution in [0.4, 0.5) is 17.5 Å². The molecular weight excluding hydrogens is 246 g/mol. The number of aromatic nitrogens is 2. The van der Waals surface area contributed by atoms with Crippen LogP contribution in [0.2, 0.25) is 0 Å². The molecule has 104 valence electrons. The lowest BCUT2D eigenvalue weighted by Crippen LogP contribution is -2.23. The number of anilines is 2. The molecule has 2 rings (SSSR count). The Bertz CT molecular complexity index is 495. The zero-order valence-electron chi connectivity index (χ0n) is 11.7. The lowest BCUT2D eigenvalue weighted by molar-refractivity contribution is -0.385. The standard InChI is InChI=1S/C12H19N5O2/c1-7-5-16(6-8(7)2)11-10(17(18)19)9(3)14-12(13-4)15-11/h7-8H,5-6H2,1-4H3,(H,13,14,15). The van der Waals surface area contributed by atoms with E-state index >= 15 is 0 Å². The molecule has 7 nitrogen and oxygen atoms in total. The van der Waals surface area contributed by atoms with Crippen LogP contribution in [0.5, 0.6) is 0 Å². The zero-order chi connectivity index (χ0) is 14.2. The van der Waals surface area contributed by atoms with Crippen LogP contribution in [0.3, 0.4) is 0 Å². The second-order valence-electron chi connectivity index (χ2n) is 5.17. The van der Waals surface area contributed by atoms with Gasteiger partial charge in [-0.25, -0.2) is 4.98 Å². The summed E-state index contributed by atoms with van der Waals surface area (Å²) in [5, 5.41) is 14.1. The van der Waals surface area contributed by atoms with Crippen LogP contribution in [0, 0.1) is 28.9 Å². The summed E-state index contributed by atoms with van der Waals surface area (Å²) in [5.74, 6) is 1.86. The lowest BCUT2D eigenvalue weighted by Gasteiger charge is -2.18. The first-order valence-corrected chi connectivity index (χ1v) is 6.39. The van der Waals surface area contributed by atoms with E-state index in [1.165, 1.54) is 0 Å². The van der Waals surface area contributed by atoms with Crippen LogP contribution in [-0.4, -0.2) is 35.0 Å². The van der Waals surface area contributed by atoms with Crippen molar-refractivity contribution >= 4 is 17.5 Å². The maximum absolute atomic E-state index is 11.2. The second-order valence-corrected chi connectivity index (χ2v) is 5.17. The third-order valence-electron chi connectivity index (χ3n) is 3.73. The number of rotatable bonds is 3. The van der Waals surface area contributed by atoms with Gasteiger partial charge >= 0.3 is 5.69 Å². The predicted octanol–water partition coefficient (Wildman–Crippen LogP) is 1.83. The number of hydrogen-bond donors (Lipinski definition) is 1. The summed E-state index contributed by atoms with van der Waals surface area (Å²) in [7, 11) is 1.71. The van der Waals surface area contributed by atoms with E-state index in [0.29, 0.717) is 29.3 Å². The molecule has 0 amide bonds. The largest absolute Gasteiger partial charge is 0.357 e. The Hall–Kier alpha value is -1.92. The fourth-order valence-corrected chi connectivity index (χ4v) is 2.40. The second kappa shape index (κ2) is 4.99. The number of nitro groups is 1. The smallest absolute Gasteiger partial charge is 0.332 e. The molecule has 1 aromatic rings. The maximum atomic E-state index is 11.2. The van der Waals surface area contributed by atoms with Crippen LogP contribution in [0.15, 0.2) is 0 Å². The van der Waals surface area contributed by atoms with E-state index in [9.17, 15) is 10.1 Å². The van der Waals surface area contributed by atoms with Gasteiger partial charge in [0.15, 0.2) is 0 Å². The minimum absolute atomic E-state index is 0.0142. The zero-order valence-corrected chi connectivity index (χ0v) is 11.7. The van der Waals surface area contributed by atoms with Gasteiger partial charge in [0.1, 0.15) is 5.69 Å². The van der Waals surface area contributed by atoms with Gasteiger partial charge in [-0.2, -0.15) is 4.98 Å². The molecule has 0 bridgehead atoms. The van der Waals surface area contributed by atoms with E-state index < -0.39 is 4.92 Å². The van der Waals surface area contributed by atoms with E-state index in [4.69, 9.17) is 0 Å². The van der Waals surface area contributed by atoms with Crippen LogP contribution in [0.25, 0.3) is 0 Å². The highest BCUT2D eigenvalue weighted by Crippen LogP contribution is 2.34. The molecule has 0 spiro atoms. The SMILES string of the molecule is CNc1nc(C)c([N+](=O)[O-])c(N2CC(C)C(C)C2)n1. The average Bonchev–Trinajstić information content (AvgIpc) is 2.68. The summed E-state index contributed by atoms with van der Waals surface area (Å²) in [5.41, 5.74) is 0.409. The molecule has 19 heavy (non-hydrogen) atoms. The van der Waals surface area contributed by atoms with Gasteiger partial charge in [-0.05, 0) is 18.8 Å². The van der Waals surface area contributed by atoms with E-state index in [-0.39, 0.29) is 5.69 Å². The molecule has 2 atom stereocenters. The molecule has 2 heterocycles. The molecule has 0 aromatic carbocycles. The van der Waals surface area contributed by atoms with Crippen molar-refractivity contribution in [1.82, 2.24) is 9.97 Å². The molecule has 0 radical (unpaired) electrons. The molecule has 2 unspecified atom stereocenters. The minimum atomic E-state index is -0.391. The fraction of sp³-hybridized carbons (Fsp3) is 0.667. The Kier molecular flexibility index (Phi) is 3.55. The van der Waals surface area contributed by atoms with Gasteiger partial charge in [0.05, 0.1) is 4.92 Å². The molecule has 1 aliphatic heterocycles. The summed E-state index contributed by atoms with van der Waals surface area (Å²) >= 11 is 0. The van der Waals surface area contributed by atoms with Crippen molar-refractivity contribution < 1.29 is 4.92 Å². The highest BCUT2D eigenvalue weighted by Gasteiger charge is 2.33. The molecular formula is C12H19N5O2. The van der Waals surface area contributed by atoms with Crippen molar-refractivity contribution in [3.05, 3.63) is 15.8 Å². The first-order chi connectivity index (χ1) is 8.93. The van der Waals surface area contributed by atoms with Crippen LogP contribution >= 0.6 is 0 Å². The average molecular weight is 265 g/mol.